The standard InChI is InChI=1S/C17H27NO/c1-13(18-15-10-16(11-15)19-4)12-17(2,3)14-8-6-5-7-9-14/h5-9,13,15-16,18H,10-12H2,1-4H3. The van der Waals surface area contributed by atoms with E-state index in [0.717, 1.165) is 19.3 Å². The van der Waals surface area contributed by atoms with Gasteiger partial charge in [0, 0.05) is 19.2 Å². The Bertz CT molecular complexity index is 382. The van der Waals surface area contributed by atoms with Gasteiger partial charge in [-0.2, -0.15) is 0 Å². The Labute approximate surface area is 117 Å². The van der Waals surface area contributed by atoms with Crippen molar-refractivity contribution in [3.63, 3.8) is 0 Å². The van der Waals surface area contributed by atoms with Crippen molar-refractivity contribution in [1.29, 1.82) is 0 Å². The molecule has 2 heteroatoms. The van der Waals surface area contributed by atoms with Crippen LogP contribution in [-0.4, -0.2) is 25.3 Å². The summed E-state index contributed by atoms with van der Waals surface area (Å²) in [5, 5.41) is 3.73. The molecule has 1 atom stereocenters. The van der Waals surface area contributed by atoms with E-state index in [0.29, 0.717) is 18.2 Å². The van der Waals surface area contributed by atoms with Gasteiger partial charge in [-0.15, -0.1) is 0 Å². The van der Waals surface area contributed by atoms with Gasteiger partial charge in [0.15, 0.2) is 0 Å². The summed E-state index contributed by atoms with van der Waals surface area (Å²) in [5.41, 5.74) is 1.64. The smallest absolute Gasteiger partial charge is 0.0601 e. The highest BCUT2D eigenvalue weighted by molar-refractivity contribution is 5.23. The van der Waals surface area contributed by atoms with E-state index in [9.17, 15) is 0 Å². The highest BCUT2D eigenvalue weighted by atomic mass is 16.5. The molecule has 0 heterocycles. The van der Waals surface area contributed by atoms with Gasteiger partial charge in [0.25, 0.3) is 0 Å². The third kappa shape index (κ3) is 3.80. The van der Waals surface area contributed by atoms with Crippen molar-refractivity contribution in [3.8, 4) is 0 Å². The van der Waals surface area contributed by atoms with Crippen LogP contribution in [-0.2, 0) is 10.2 Å². The lowest BCUT2D eigenvalue weighted by Gasteiger charge is -2.38. The molecule has 2 nitrogen and oxygen atoms in total. The molecule has 2 rings (SSSR count). The van der Waals surface area contributed by atoms with Crippen molar-refractivity contribution < 1.29 is 4.74 Å². The Morgan fingerprint density at radius 2 is 1.89 bits per heavy atom. The summed E-state index contributed by atoms with van der Waals surface area (Å²) in [6.45, 7) is 6.96. The first-order valence-electron chi connectivity index (χ1n) is 7.35. The van der Waals surface area contributed by atoms with Gasteiger partial charge in [0.05, 0.1) is 6.10 Å². The Morgan fingerprint density at radius 3 is 2.47 bits per heavy atom. The van der Waals surface area contributed by atoms with E-state index in [1.165, 1.54) is 5.56 Å². The van der Waals surface area contributed by atoms with Crippen molar-refractivity contribution in [2.45, 2.75) is 63.6 Å². The highest BCUT2D eigenvalue weighted by Gasteiger charge is 2.31. The topological polar surface area (TPSA) is 21.3 Å². The summed E-state index contributed by atoms with van der Waals surface area (Å²) >= 11 is 0. The van der Waals surface area contributed by atoms with Gasteiger partial charge >= 0.3 is 0 Å². The number of benzene rings is 1. The zero-order chi connectivity index (χ0) is 13.9. The molecule has 0 bridgehead atoms. The molecule has 1 saturated carbocycles. The van der Waals surface area contributed by atoms with E-state index < -0.39 is 0 Å². The summed E-state index contributed by atoms with van der Waals surface area (Å²) in [4.78, 5) is 0. The molecular formula is C17H27NO. The minimum absolute atomic E-state index is 0.220. The van der Waals surface area contributed by atoms with Gasteiger partial charge in [-0.3, -0.25) is 0 Å². The molecule has 106 valence electrons. The SMILES string of the molecule is COC1CC(NC(C)CC(C)(C)c2ccccc2)C1. The molecule has 0 saturated heterocycles. The fourth-order valence-electron chi connectivity index (χ4n) is 3.13. The molecule has 1 aliphatic rings. The maximum Gasteiger partial charge on any atom is 0.0601 e. The van der Waals surface area contributed by atoms with Crippen LogP contribution in [0.15, 0.2) is 30.3 Å². The first-order chi connectivity index (χ1) is 9.01. The van der Waals surface area contributed by atoms with E-state index >= 15 is 0 Å². The van der Waals surface area contributed by atoms with Crippen LogP contribution in [0.2, 0.25) is 0 Å². The molecular weight excluding hydrogens is 234 g/mol. The maximum atomic E-state index is 5.33. The van der Waals surface area contributed by atoms with Gasteiger partial charge in [0.2, 0.25) is 0 Å². The Balaban J connectivity index is 1.83. The van der Waals surface area contributed by atoms with Crippen molar-refractivity contribution in [2.75, 3.05) is 7.11 Å². The largest absolute Gasteiger partial charge is 0.381 e. The van der Waals surface area contributed by atoms with E-state index in [2.05, 4.69) is 56.4 Å². The minimum Gasteiger partial charge on any atom is -0.381 e. The van der Waals surface area contributed by atoms with E-state index in [1.807, 2.05) is 7.11 Å². The van der Waals surface area contributed by atoms with Crippen LogP contribution in [0.25, 0.3) is 0 Å². The third-order valence-corrected chi connectivity index (χ3v) is 4.32. The first-order valence-corrected chi connectivity index (χ1v) is 7.35. The molecule has 1 aromatic carbocycles. The molecule has 0 aromatic heterocycles. The number of hydrogen-bond donors (Lipinski definition) is 1. The second-order valence-electron chi connectivity index (χ2n) is 6.55. The Morgan fingerprint density at radius 1 is 1.26 bits per heavy atom. The van der Waals surface area contributed by atoms with Crippen LogP contribution in [0.3, 0.4) is 0 Å². The molecule has 0 amide bonds. The average molecular weight is 261 g/mol. The monoisotopic (exact) mass is 261 g/mol. The van der Waals surface area contributed by atoms with Gasteiger partial charge < -0.3 is 10.1 Å². The number of nitrogens with one attached hydrogen (secondary N) is 1. The van der Waals surface area contributed by atoms with E-state index in [-0.39, 0.29) is 5.41 Å². The number of methoxy groups -OCH3 is 1. The lowest BCUT2D eigenvalue weighted by molar-refractivity contribution is 0.0139. The minimum atomic E-state index is 0.220. The molecule has 1 N–H and O–H groups in total. The summed E-state index contributed by atoms with van der Waals surface area (Å²) in [6, 6.07) is 12.0. The quantitative estimate of drug-likeness (QED) is 0.846. The average Bonchev–Trinajstić information content (AvgIpc) is 2.34. The van der Waals surface area contributed by atoms with Crippen LogP contribution in [0, 0.1) is 0 Å². The first kappa shape index (κ1) is 14.5. The van der Waals surface area contributed by atoms with Gasteiger partial charge in [-0.25, -0.2) is 0 Å². The molecule has 1 aliphatic carbocycles. The fourth-order valence-corrected chi connectivity index (χ4v) is 3.13. The lowest BCUT2D eigenvalue weighted by Crippen LogP contribution is -2.49. The predicted octanol–water partition coefficient (Wildman–Crippen LogP) is 3.51. The zero-order valence-electron chi connectivity index (χ0n) is 12.6. The second kappa shape index (κ2) is 6.06. The number of rotatable bonds is 6. The maximum absolute atomic E-state index is 5.33. The van der Waals surface area contributed by atoms with Gasteiger partial charge in [0.1, 0.15) is 0 Å². The van der Waals surface area contributed by atoms with Gasteiger partial charge in [-0.05, 0) is 37.2 Å². The predicted molar refractivity (Wildman–Crippen MR) is 80.5 cm³/mol. The molecule has 1 unspecified atom stereocenters. The van der Waals surface area contributed by atoms with Crippen molar-refractivity contribution in [3.05, 3.63) is 35.9 Å². The van der Waals surface area contributed by atoms with Crippen LogP contribution < -0.4 is 5.32 Å². The molecule has 0 spiro atoms. The lowest BCUT2D eigenvalue weighted by atomic mass is 9.78. The van der Waals surface area contributed by atoms with Crippen LogP contribution >= 0.6 is 0 Å². The van der Waals surface area contributed by atoms with E-state index in [1.54, 1.807) is 0 Å². The van der Waals surface area contributed by atoms with Crippen molar-refractivity contribution >= 4 is 0 Å². The summed E-state index contributed by atoms with van der Waals surface area (Å²) in [5.74, 6) is 0. The normalized spacial score (nSPS) is 24.8. The second-order valence-corrected chi connectivity index (χ2v) is 6.55. The molecule has 0 aliphatic heterocycles. The molecule has 19 heavy (non-hydrogen) atoms. The third-order valence-electron chi connectivity index (χ3n) is 4.32. The van der Waals surface area contributed by atoms with Gasteiger partial charge in [-0.1, -0.05) is 44.2 Å². The fraction of sp³-hybridized carbons (Fsp3) is 0.647. The Hall–Kier alpha value is -0.860. The highest BCUT2D eigenvalue weighted by Crippen LogP contribution is 2.29. The summed E-state index contributed by atoms with van der Waals surface area (Å²) < 4.78 is 5.33. The number of ether oxygens (including phenoxy) is 1. The summed E-state index contributed by atoms with van der Waals surface area (Å²) in [6.07, 6.45) is 3.96. The van der Waals surface area contributed by atoms with Crippen LogP contribution in [0.5, 0.6) is 0 Å². The van der Waals surface area contributed by atoms with Crippen LogP contribution in [0.4, 0.5) is 0 Å². The summed E-state index contributed by atoms with van der Waals surface area (Å²) in [7, 11) is 1.81. The van der Waals surface area contributed by atoms with Crippen molar-refractivity contribution in [1.82, 2.24) is 5.32 Å². The zero-order valence-corrected chi connectivity index (χ0v) is 12.6. The molecule has 1 fully saturated rings. The number of hydrogen-bond acceptors (Lipinski definition) is 2. The molecule has 0 radical (unpaired) electrons. The van der Waals surface area contributed by atoms with E-state index in [4.69, 9.17) is 4.74 Å². The van der Waals surface area contributed by atoms with Crippen molar-refractivity contribution in [2.24, 2.45) is 0 Å². The van der Waals surface area contributed by atoms with Crippen LogP contribution in [0.1, 0.15) is 45.6 Å². The molecule has 1 aromatic rings. The Kier molecular flexibility index (Phi) is 4.64.